The van der Waals surface area contributed by atoms with Crippen molar-refractivity contribution < 1.29 is 19.2 Å². The van der Waals surface area contributed by atoms with Crippen molar-refractivity contribution >= 4 is 40.4 Å². The Kier molecular flexibility index (Phi) is 7.19. The summed E-state index contributed by atoms with van der Waals surface area (Å²) in [5.41, 5.74) is 1.25. The SMILES string of the molecule is C=C(/C=C\C(=C/C)[N+](=O)[O-])OC(=O)OC(C)Cn1cnc2cc(Cl)c(Cl)cc21. The van der Waals surface area contributed by atoms with Gasteiger partial charge in [0, 0.05) is 6.08 Å². The van der Waals surface area contributed by atoms with Crippen LogP contribution in [-0.4, -0.2) is 26.7 Å². The van der Waals surface area contributed by atoms with Gasteiger partial charge in [-0.1, -0.05) is 29.8 Å². The molecule has 0 aliphatic rings. The molecule has 1 atom stereocenters. The molecule has 0 spiro atoms. The number of benzene rings is 1. The molecule has 148 valence electrons. The minimum Gasteiger partial charge on any atom is -0.429 e. The summed E-state index contributed by atoms with van der Waals surface area (Å²) >= 11 is 12.0. The Hall–Kier alpha value is -2.84. The van der Waals surface area contributed by atoms with Gasteiger partial charge < -0.3 is 14.0 Å². The molecule has 0 aliphatic carbocycles. The zero-order valence-corrected chi connectivity index (χ0v) is 16.6. The van der Waals surface area contributed by atoms with Crippen molar-refractivity contribution in [2.75, 3.05) is 0 Å². The van der Waals surface area contributed by atoms with Crippen LogP contribution < -0.4 is 0 Å². The Labute approximate surface area is 170 Å². The molecule has 0 amide bonds. The van der Waals surface area contributed by atoms with Gasteiger partial charge in [-0.25, -0.2) is 9.78 Å². The summed E-state index contributed by atoms with van der Waals surface area (Å²) in [6.07, 6.45) is 3.74. The van der Waals surface area contributed by atoms with Gasteiger partial charge in [0.1, 0.15) is 11.9 Å². The minimum atomic E-state index is -0.976. The number of fused-ring (bicyclic) bond motifs is 1. The first-order valence-corrected chi connectivity index (χ1v) is 8.83. The minimum absolute atomic E-state index is 0.0899. The van der Waals surface area contributed by atoms with E-state index >= 15 is 0 Å². The summed E-state index contributed by atoms with van der Waals surface area (Å²) < 4.78 is 11.8. The predicted octanol–water partition coefficient (Wildman–Crippen LogP) is 5.14. The largest absolute Gasteiger partial charge is 0.514 e. The molecule has 0 N–H and O–H groups in total. The molecule has 28 heavy (non-hydrogen) atoms. The number of imidazole rings is 1. The van der Waals surface area contributed by atoms with E-state index in [0.29, 0.717) is 22.1 Å². The Morgan fingerprint density at radius 3 is 2.71 bits per heavy atom. The van der Waals surface area contributed by atoms with Gasteiger partial charge in [0.05, 0.1) is 38.9 Å². The molecule has 8 nitrogen and oxygen atoms in total. The standard InChI is InChI=1S/C18H17Cl2N3O5/c1-4-13(23(25)26)6-5-11(2)27-18(24)28-12(3)9-22-10-21-16-7-14(19)15(20)8-17(16)22/h4-8,10,12H,2,9H2,1,3H3/b6-5-,13-4+. The normalized spacial score (nSPS) is 12.9. The van der Waals surface area contributed by atoms with Crippen molar-refractivity contribution in [3.63, 3.8) is 0 Å². The van der Waals surface area contributed by atoms with Crippen LogP contribution in [0.5, 0.6) is 0 Å². The molecule has 1 aromatic heterocycles. The number of rotatable bonds is 7. The number of hydrogen-bond acceptors (Lipinski definition) is 6. The van der Waals surface area contributed by atoms with Crippen LogP contribution in [0.15, 0.2) is 54.7 Å². The summed E-state index contributed by atoms with van der Waals surface area (Å²) in [5, 5.41) is 11.5. The first-order valence-electron chi connectivity index (χ1n) is 8.07. The molecule has 1 heterocycles. The molecule has 0 fully saturated rings. The summed E-state index contributed by atoms with van der Waals surface area (Å²) in [7, 11) is 0. The molecular weight excluding hydrogens is 409 g/mol. The average Bonchev–Trinajstić information content (AvgIpc) is 2.96. The number of carbonyl (C=O) groups is 1. The lowest BCUT2D eigenvalue weighted by Crippen LogP contribution is -2.20. The van der Waals surface area contributed by atoms with Crippen LogP contribution in [0.1, 0.15) is 13.8 Å². The van der Waals surface area contributed by atoms with Gasteiger partial charge >= 0.3 is 6.16 Å². The van der Waals surface area contributed by atoms with E-state index in [1.165, 1.54) is 25.2 Å². The number of nitro groups is 1. The van der Waals surface area contributed by atoms with E-state index in [2.05, 4.69) is 11.6 Å². The Morgan fingerprint density at radius 1 is 1.39 bits per heavy atom. The predicted molar refractivity (Wildman–Crippen MR) is 106 cm³/mol. The number of halogens is 2. The Morgan fingerprint density at radius 2 is 2.07 bits per heavy atom. The molecule has 1 aromatic carbocycles. The number of ether oxygens (including phenoxy) is 2. The van der Waals surface area contributed by atoms with Crippen molar-refractivity contribution in [2.45, 2.75) is 26.5 Å². The number of nitrogens with zero attached hydrogens (tertiary/aromatic N) is 3. The van der Waals surface area contributed by atoms with Gasteiger partial charge in [0.2, 0.25) is 0 Å². The fourth-order valence-corrected chi connectivity index (χ4v) is 2.60. The van der Waals surface area contributed by atoms with E-state index in [4.69, 9.17) is 32.7 Å². The van der Waals surface area contributed by atoms with Crippen LogP contribution in [0.3, 0.4) is 0 Å². The zero-order chi connectivity index (χ0) is 20.8. The molecular formula is C18H17Cl2N3O5. The summed E-state index contributed by atoms with van der Waals surface area (Å²) in [6, 6.07) is 3.33. The second-order valence-corrected chi connectivity index (χ2v) is 6.52. The maximum Gasteiger partial charge on any atom is 0.514 e. The summed E-state index contributed by atoms with van der Waals surface area (Å²) in [6.45, 7) is 6.99. The second kappa shape index (κ2) is 9.38. The number of aromatic nitrogens is 2. The maximum absolute atomic E-state index is 11.9. The lowest BCUT2D eigenvalue weighted by Gasteiger charge is -2.14. The third-order valence-corrected chi connectivity index (χ3v) is 4.30. The van der Waals surface area contributed by atoms with E-state index in [1.807, 2.05) is 0 Å². The highest BCUT2D eigenvalue weighted by molar-refractivity contribution is 6.42. The third-order valence-electron chi connectivity index (χ3n) is 3.58. The number of allylic oxidation sites excluding steroid dienone is 3. The van der Waals surface area contributed by atoms with Crippen molar-refractivity contribution in [1.82, 2.24) is 9.55 Å². The molecule has 0 bridgehead atoms. The van der Waals surface area contributed by atoms with Gasteiger partial charge in [-0.05, 0) is 38.1 Å². The monoisotopic (exact) mass is 425 g/mol. The highest BCUT2D eigenvalue weighted by Gasteiger charge is 2.15. The van der Waals surface area contributed by atoms with Crippen LogP contribution in [0, 0.1) is 10.1 Å². The highest BCUT2D eigenvalue weighted by atomic mass is 35.5. The molecule has 0 aliphatic heterocycles. The Bertz CT molecular complexity index is 981. The molecule has 2 aromatic rings. The molecule has 0 radical (unpaired) electrons. The van der Waals surface area contributed by atoms with Gasteiger partial charge in [-0.15, -0.1) is 0 Å². The molecule has 2 rings (SSSR count). The third kappa shape index (κ3) is 5.58. The van der Waals surface area contributed by atoms with E-state index in [0.717, 1.165) is 5.52 Å². The average molecular weight is 426 g/mol. The molecule has 0 saturated heterocycles. The molecule has 0 saturated carbocycles. The number of hydrogen-bond donors (Lipinski definition) is 0. The second-order valence-electron chi connectivity index (χ2n) is 5.70. The highest BCUT2D eigenvalue weighted by Crippen LogP contribution is 2.27. The molecule has 10 heteroatoms. The van der Waals surface area contributed by atoms with E-state index in [-0.39, 0.29) is 11.5 Å². The van der Waals surface area contributed by atoms with Gasteiger partial charge in [-0.2, -0.15) is 0 Å². The molecule has 1 unspecified atom stereocenters. The smallest absolute Gasteiger partial charge is 0.429 e. The van der Waals surface area contributed by atoms with Crippen LogP contribution in [0.4, 0.5) is 4.79 Å². The fraction of sp³-hybridized carbons (Fsp3) is 0.222. The maximum atomic E-state index is 11.9. The van der Waals surface area contributed by atoms with Crippen LogP contribution >= 0.6 is 23.2 Å². The van der Waals surface area contributed by atoms with E-state index < -0.39 is 17.2 Å². The van der Waals surface area contributed by atoms with E-state index in [9.17, 15) is 14.9 Å². The summed E-state index contributed by atoms with van der Waals surface area (Å²) in [4.78, 5) is 26.2. The number of carbonyl (C=O) groups excluding carboxylic acids is 1. The van der Waals surface area contributed by atoms with Crippen molar-refractivity contribution in [2.24, 2.45) is 0 Å². The van der Waals surface area contributed by atoms with Gasteiger partial charge in [0.25, 0.3) is 5.70 Å². The zero-order valence-electron chi connectivity index (χ0n) is 15.1. The van der Waals surface area contributed by atoms with Crippen LogP contribution in [-0.2, 0) is 16.0 Å². The van der Waals surface area contributed by atoms with Crippen molar-refractivity contribution in [3.8, 4) is 0 Å². The van der Waals surface area contributed by atoms with Crippen LogP contribution in [0.25, 0.3) is 11.0 Å². The lowest BCUT2D eigenvalue weighted by molar-refractivity contribution is -0.419. The topological polar surface area (TPSA) is 96.5 Å². The Balaban J connectivity index is 1.94. The van der Waals surface area contributed by atoms with Crippen LogP contribution in [0.2, 0.25) is 10.0 Å². The van der Waals surface area contributed by atoms with Crippen molar-refractivity contribution in [3.05, 3.63) is 74.9 Å². The quantitative estimate of drug-likeness (QED) is 0.200. The lowest BCUT2D eigenvalue weighted by atomic mass is 10.3. The van der Waals surface area contributed by atoms with E-state index in [1.54, 1.807) is 30.0 Å². The first-order chi connectivity index (χ1) is 13.2. The first kappa shape index (κ1) is 21.5. The van der Waals surface area contributed by atoms with Gasteiger partial charge in [-0.3, -0.25) is 10.1 Å². The van der Waals surface area contributed by atoms with Crippen molar-refractivity contribution in [1.29, 1.82) is 0 Å². The fourth-order valence-electron chi connectivity index (χ4n) is 2.28. The summed E-state index contributed by atoms with van der Waals surface area (Å²) in [5.74, 6) is -0.0899. The van der Waals surface area contributed by atoms with Gasteiger partial charge in [0.15, 0.2) is 0 Å².